The fourth-order valence-corrected chi connectivity index (χ4v) is 4.77. The van der Waals surface area contributed by atoms with Crippen molar-refractivity contribution < 1.29 is 17.9 Å². The van der Waals surface area contributed by atoms with Crippen LogP contribution in [-0.2, 0) is 10.0 Å². The number of sulfonamides is 1. The van der Waals surface area contributed by atoms with Gasteiger partial charge in [0.05, 0.1) is 17.7 Å². The van der Waals surface area contributed by atoms with E-state index in [0.717, 1.165) is 12.8 Å². The van der Waals surface area contributed by atoms with Crippen molar-refractivity contribution in [2.24, 2.45) is 0 Å². The number of methoxy groups -OCH3 is 1. The van der Waals surface area contributed by atoms with Crippen LogP contribution in [0.15, 0.2) is 41.3 Å². The average molecular weight is 409 g/mol. The number of hydrogen-bond acceptors (Lipinski definition) is 4. The van der Waals surface area contributed by atoms with Gasteiger partial charge in [0.1, 0.15) is 5.75 Å². The summed E-state index contributed by atoms with van der Waals surface area (Å²) < 4.78 is 32.3. The Bertz CT molecular complexity index is 970. The van der Waals surface area contributed by atoms with E-state index in [9.17, 15) is 13.2 Å². The van der Waals surface area contributed by atoms with Gasteiger partial charge >= 0.3 is 0 Å². The maximum atomic E-state index is 12.8. The second-order valence-electron chi connectivity index (χ2n) is 6.39. The number of amides is 1. The number of benzene rings is 2. The second kappa shape index (κ2) is 7.88. The van der Waals surface area contributed by atoms with Crippen molar-refractivity contribution in [3.05, 3.63) is 52.5 Å². The third-order valence-corrected chi connectivity index (χ3v) is 6.70. The number of nitrogens with zero attached hydrogens (tertiary/aromatic N) is 1. The minimum Gasteiger partial charge on any atom is -0.495 e. The van der Waals surface area contributed by atoms with Gasteiger partial charge in [0, 0.05) is 23.7 Å². The van der Waals surface area contributed by atoms with Crippen LogP contribution in [0, 0.1) is 6.92 Å². The van der Waals surface area contributed by atoms with E-state index < -0.39 is 15.9 Å². The summed E-state index contributed by atoms with van der Waals surface area (Å²) in [6.45, 7) is 2.78. The summed E-state index contributed by atoms with van der Waals surface area (Å²) in [7, 11) is -2.10. The molecule has 1 fully saturated rings. The van der Waals surface area contributed by atoms with E-state index in [-0.39, 0.29) is 10.5 Å². The normalized spacial score (nSPS) is 14.9. The molecule has 8 heteroatoms. The van der Waals surface area contributed by atoms with Crippen molar-refractivity contribution >= 4 is 33.2 Å². The number of rotatable bonds is 5. The molecule has 0 radical (unpaired) electrons. The lowest BCUT2D eigenvalue weighted by Gasteiger charge is -2.17. The van der Waals surface area contributed by atoms with Crippen molar-refractivity contribution in [2.75, 3.05) is 25.5 Å². The number of ether oxygens (including phenoxy) is 1. The molecule has 6 nitrogen and oxygen atoms in total. The summed E-state index contributed by atoms with van der Waals surface area (Å²) in [5, 5.41) is 3.20. The number of anilines is 1. The topological polar surface area (TPSA) is 75.7 Å². The van der Waals surface area contributed by atoms with E-state index >= 15 is 0 Å². The highest BCUT2D eigenvalue weighted by molar-refractivity contribution is 7.89. The molecular weight excluding hydrogens is 388 g/mol. The van der Waals surface area contributed by atoms with Gasteiger partial charge in [-0.1, -0.05) is 17.7 Å². The summed E-state index contributed by atoms with van der Waals surface area (Å²) in [5.74, 6) is 0.0396. The zero-order valence-corrected chi connectivity index (χ0v) is 16.7. The van der Waals surface area contributed by atoms with Crippen LogP contribution in [0.4, 0.5) is 5.69 Å². The molecule has 1 heterocycles. The van der Waals surface area contributed by atoms with E-state index in [0.29, 0.717) is 35.1 Å². The van der Waals surface area contributed by atoms with Crippen LogP contribution in [0.25, 0.3) is 0 Å². The second-order valence-corrected chi connectivity index (χ2v) is 8.76. The highest BCUT2D eigenvalue weighted by atomic mass is 35.5. The van der Waals surface area contributed by atoms with E-state index in [1.54, 1.807) is 37.3 Å². The molecule has 1 aliphatic rings. The summed E-state index contributed by atoms with van der Waals surface area (Å²) in [6.07, 6.45) is 1.71. The van der Waals surface area contributed by atoms with Gasteiger partial charge in [-0.25, -0.2) is 8.42 Å². The molecule has 27 heavy (non-hydrogen) atoms. The van der Waals surface area contributed by atoms with E-state index in [1.807, 2.05) is 0 Å². The third kappa shape index (κ3) is 4.10. The zero-order chi connectivity index (χ0) is 19.6. The highest BCUT2D eigenvalue weighted by Gasteiger charge is 2.28. The van der Waals surface area contributed by atoms with E-state index in [2.05, 4.69) is 5.32 Å². The Kier molecular flexibility index (Phi) is 5.74. The lowest BCUT2D eigenvalue weighted by atomic mass is 10.1. The summed E-state index contributed by atoms with van der Waals surface area (Å²) in [5.41, 5.74) is 1.38. The van der Waals surface area contributed by atoms with Crippen LogP contribution in [0.3, 0.4) is 0 Å². The maximum Gasteiger partial charge on any atom is 0.256 e. The van der Waals surface area contributed by atoms with Gasteiger partial charge in [0.25, 0.3) is 5.91 Å². The number of carbonyl (C=O) groups is 1. The lowest BCUT2D eigenvalue weighted by molar-refractivity contribution is 0.102. The Morgan fingerprint density at radius 3 is 2.52 bits per heavy atom. The largest absolute Gasteiger partial charge is 0.495 e. The molecule has 0 atom stereocenters. The van der Waals surface area contributed by atoms with Crippen molar-refractivity contribution in [2.45, 2.75) is 24.7 Å². The lowest BCUT2D eigenvalue weighted by Crippen LogP contribution is -2.28. The van der Waals surface area contributed by atoms with Crippen LogP contribution in [-0.4, -0.2) is 38.8 Å². The van der Waals surface area contributed by atoms with Crippen LogP contribution in [0.1, 0.15) is 28.8 Å². The molecule has 0 saturated carbocycles. The predicted molar refractivity (Wildman–Crippen MR) is 105 cm³/mol. The molecule has 2 aromatic rings. The molecule has 2 aromatic carbocycles. The molecular formula is C19H21ClN2O4S. The van der Waals surface area contributed by atoms with Crippen molar-refractivity contribution in [1.82, 2.24) is 4.31 Å². The molecule has 3 rings (SSSR count). The summed E-state index contributed by atoms with van der Waals surface area (Å²) in [6, 6.07) is 9.50. The third-order valence-electron chi connectivity index (χ3n) is 4.57. The Labute approximate surface area is 164 Å². The summed E-state index contributed by atoms with van der Waals surface area (Å²) in [4.78, 5) is 12.9. The number of hydrogen-bond donors (Lipinski definition) is 1. The number of nitrogens with one attached hydrogen (secondary N) is 1. The first-order chi connectivity index (χ1) is 12.8. The van der Waals surface area contributed by atoms with Gasteiger partial charge in [0.2, 0.25) is 10.0 Å². The van der Waals surface area contributed by atoms with Gasteiger partial charge < -0.3 is 10.1 Å². The Hall–Kier alpha value is -2.09. The fourth-order valence-electron chi connectivity index (χ4n) is 3.05. The fraction of sp³-hybridized carbons (Fsp3) is 0.316. The Balaban J connectivity index is 1.93. The first-order valence-corrected chi connectivity index (χ1v) is 10.4. The quantitative estimate of drug-likeness (QED) is 0.818. The molecule has 0 spiro atoms. The number of aryl methyl sites for hydroxylation is 1. The van der Waals surface area contributed by atoms with E-state index in [4.69, 9.17) is 16.3 Å². The maximum absolute atomic E-state index is 12.8. The standard InChI is InChI=1S/C19H21ClN2O4S/c1-13-5-7-15(27(24,25)22-9-3-4-10-22)12-16(13)19(23)21-17-11-14(20)6-8-18(17)26-2/h5-8,11-12H,3-4,9-10H2,1-2H3,(H,21,23). The van der Waals surface area contributed by atoms with Crippen molar-refractivity contribution in [3.8, 4) is 5.75 Å². The van der Waals surface area contributed by atoms with Crippen LogP contribution in [0.5, 0.6) is 5.75 Å². The predicted octanol–water partition coefficient (Wildman–Crippen LogP) is 3.69. The monoisotopic (exact) mass is 408 g/mol. The van der Waals surface area contributed by atoms with Crippen LogP contribution in [0.2, 0.25) is 5.02 Å². The van der Waals surface area contributed by atoms with Gasteiger partial charge in [0.15, 0.2) is 0 Å². The first-order valence-electron chi connectivity index (χ1n) is 8.58. The van der Waals surface area contributed by atoms with Gasteiger partial charge in [-0.15, -0.1) is 0 Å². The molecule has 1 N–H and O–H groups in total. The highest BCUT2D eigenvalue weighted by Crippen LogP contribution is 2.29. The molecule has 0 aliphatic carbocycles. The molecule has 144 valence electrons. The minimum absolute atomic E-state index is 0.123. The number of halogens is 1. The summed E-state index contributed by atoms with van der Waals surface area (Å²) >= 11 is 6.00. The van der Waals surface area contributed by atoms with Gasteiger partial charge in [-0.3, -0.25) is 4.79 Å². The van der Waals surface area contributed by atoms with Gasteiger partial charge in [-0.2, -0.15) is 4.31 Å². The smallest absolute Gasteiger partial charge is 0.256 e. The van der Waals surface area contributed by atoms with Crippen molar-refractivity contribution in [3.63, 3.8) is 0 Å². The van der Waals surface area contributed by atoms with E-state index in [1.165, 1.54) is 17.5 Å². The van der Waals surface area contributed by atoms with Crippen LogP contribution < -0.4 is 10.1 Å². The van der Waals surface area contributed by atoms with Crippen molar-refractivity contribution in [1.29, 1.82) is 0 Å². The molecule has 1 amide bonds. The van der Waals surface area contributed by atoms with Gasteiger partial charge in [-0.05, 0) is 55.7 Å². The Morgan fingerprint density at radius 2 is 1.85 bits per heavy atom. The Morgan fingerprint density at radius 1 is 1.15 bits per heavy atom. The molecule has 0 bridgehead atoms. The van der Waals surface area contributed by atoms with Crippen LogP contribution >= 0.6 is 11.6 Å². The molecule has 0 unspecified atom stereocenters. The molecule has 1 saturated heterocycles. The SMILES string of the molecule is COc1ccc(Cl)cc1NC(=O)c1cc(S(=O)(=O)N2CCCC2)ccc1C. The first kappa shape index (κ1) is 19.7. The molecule has 1 aliphatic heterocycles. The average Bonchev–Trinajstić information content (AvgIpc) is 3.17. The number of carbonyl (C=O) groups excluding carboxylic acids is 1. The minimum atomic E-state index is -3.60. The molecule has 0 aromatic heterocycles. The zero-order valence-electron chi connectivity index (χ0n) is 15.2.